The third kappa shape index (κ3) is 4.58. The topological polar surface area (TPSA) is 84.2 Å². The number of benzene rings is 2. The Hall–Kier alpha value is -3.43. The van der Waals surface area contributed by atoms with E-state index in [0.29, 0.717) is 0 Å². The molecule has 150 valence electrons. The first-order chi connectivity index (χ1) is 14.6. The van der Waals surface area contributed by atoms with E-state index in [2.05, 4.69) is 25.9 Å². The third-order valence-corrected chi connectivity index (χ3v) is 5.38. The molecular weight excluding hydrogens is 416 g/mol. The van der Waals surface area contributed by atoms with Crippen molar-refractivity contribution in [2.75, 3.05) is 5.32 Å². The average molecular weight is 435 g/mol. The van der Waals surface area contributed by atoms with Gasteiger partial charge in [-0.3, -0.25) is 10.1 Å². The van der Waals surface area contributed by atoms with E-state index in [4.69, 9.17) is 12.2 Å². The quantitative estimate of drug-likeness (QED) is 0.366. The van der Waals surface area contributed by atoms with Crippen LogP contribution < -0.4 is 10.6 Å². The number of anilines is 1. The van der Waals surface area contributed by atoms with Crippen LogP contribution in [0.2, 0.25) is 0 Å². The highest BCUT2D eigenvalue weighted by Crippen LogP contribution is 2.26. The minimum atomic E-state index is -0.292. The van der Waals surface area contributed by atoms with Crippen LogP contribution in [0.25, 0.3) is 21.6 Å². The van der Waals surface area contributed by atoms with Gasteiger partial charge in [0.1, 0.15) is 5.01 Å². The van der Waals surface area contributed by atoms with Crippen molar-refractivity contribution in [3.63, 3.8) is 0 Å². The van der Waals surface area contributed by atoms with Crippen LogP contribution in [0.1, 0.15) is 18.3 Å². The molecule has 0 atom stereocenters. The Morgan fingerprint density at radius 1 is 1.13 bits per heavy atom. The van der Waals surface area contributed by atoms with Gasteiger partial charge in [-0.15, -0.1) is 10.2 Å². The Labute approximate surface area is 182 Å². The highest BCUT2D eigenvalue weighted by atomic mass is 32.1. The van der Waals surface area contributed by atoms with Crippen LogP contribution in [0.15, 0.2) is 60.7 Å². The summed E-state index contributed by atoms with van der Waals surface area (Å²) in [5, 5.41) is 19.6. The van der Waals surface area contributed by atoms with Crippen molar-refractivity contribution >= 4 is 51.3 Å². The molecule has 2 aromatic heterocycles. The van der Waals surface area contributed by atoms with Gasteiger partial charge in [-0.1, -0.05) is 48.6 Å². The molecule has 4 aromatic rings. The summed E-state index contributed by atoms with van der Waals surface area (Å²) < 4.78 is 1.78. The Morgan fingerprint density at radius 3 is 2.63 bits per heavy atom. The van der Waals surface area contributed by atoms with Crippen LogP contribution in [0.3, 0.4) is 0 Å². The van der Waals surface area contributed by atoms with Crippen molar-refractivity contribution in [2.24, 2.45) is 0 Å². The maximum atomic E-state index is 12.0. The number of amides is 1. The van der Waals surface area contributed by atoms with Gasteiger partial charge in [-0.2, -0.15) is 9.61 Å². The number of rotatable bonds is 5. The molecule has 0 spiro atoms. The number of nitrogens with one attached hydrogen (secondary N) is 2. The van der Waals surface area contributed by atoms with Crippen LogP contribution in [-0.4, -0.2) is 30.8 Å². The number of hydrogen-bond acceptors (Lipinski definition) is 6. The van der Waals surface area contributed by atoms with Crippen LogP contribution in [0.5, 0.6) is 0 Å². The first kappa shape index (κ1) is 19.9. The predicted molar refractivity (Wildman–Crippen MR) is 123 cm³/mol. The summed E-state index contributed by atoms with van der Waals surface area (Å²) in [4.78, 5) is 12.8. The summed E-state index contributed by atoms with van der Waals surface area (Å²) in [5.74, 6) is 0.549. The first-order valence-corrected chi connectivity index (χ1v) is 10.5. The molecule has 0 fully saturated rings. The molecule has 0 radical (unpaired) electrons. The fraction of sp³-hybridized carbons (Fsp3) is 0.0952. The Morgan fingerprint density at radius 2 is 1.90 bits per heavy atom. The van der Waals surface area contributed by atoms with Gasteiger partial charge in [0.25, 0.3) is 0 Å². The van der Waals surface area contributed by atoms with Crippen LogP contribution in [0.4, 0.5) is 5.69 Å². The SMILES string of the molecule is CCc1nnc2sc(-c3ccc(NC(=S)NC(=O)C=Cc4ccccc4)cc3)nn12. The molecule has 0 aliphatic rings. The molecule has 9 heteroatoms. The van der Waals surface area contributed by atoms with Crippen molar-refractivity contribution in [3.05, 3.63) is 72.1 Å². The second-order valence-corrected chi connectivity index (χ2v) is 7.70. The second-order valence-electron chi connectivity index (χ2n) is 6.34. The second kappa shape index (κ2) is 8.93. The van der Waals surface area contributed by atoms with E-state index >= 15 is 0 Å². The Kier molecular flexibility index (Phi) is 5.92. The molecule has 4 rings (SSSR count). The number of aromatic nitrogens is 4. The van der Waals surface area contributed by atoms with E-state index in [-0.39, 0.29) is 11.0 Å². The molecule has 2 N–H and O–H groups in total. The average Bonchev–Trinajstić information content (AvgIpc) is 3.34. The minimum absolute atomic E-state index is 0.233. The molecule has 7 nitrogen and oxygen atoms in total. The number of aryl methyl sites for hydroxylation is 1. The van der Waals surface area contributed by atoms with Gasteiger partial charge >= 0.3 is 0 Å². The monoisotopic (exact) mass is 434 g/mol. The standard InChI is InChI=1S/C21H18N6OS2/c1-2-17-24-25-21-27(17)26-19(30-21)15-9-11-16(12-10-15)22-20(29)23-18(28)13-8-14-6-4-3-5-7-14/h3-13H,2H2,1H3,(H2,22,23,28,29). The van der Waals surface area contributed by atoms with Crippen molar-refractivity contribution in [2.45, 2.75) is 13.3 Å². The Bertz CT molecular complexity index is 1210. The van der Waals surface area contributed by atoms with Gasteiger partial charge in [0, 0.05) is 23.7 Å². The zero-order valence-corrected chi connectivity index (χ0v) is 17.7. The van der Waals surface area contributed by atoms with Crippen molar-refractivity contribution < 1.29 is 4.79 Å². The van der Waals surface area contributed by atoms with Gasteiger partial charge < -0.3 is 5.32 Å². The zero-order valence-electron chi connectivity index (χ0n) is 16.1. The summed E-state index contributed by atoms with van der Waals surface area (Å²) in [6.07, 6.45) is 3.96. The molecule has 2 aromatic carbocycles. The number of fused-ring (bicyclic) bond motifs is 1. The van der Waals surface area contributed by atoms with Gasteiger partial charge in [0.2, 0.25) is 10.9 Å². The summed E-state index contributed by atoms with van der Waals surface area (Å²) in [6.45, 7) is 2.02. The van der Waals surface area contributed by atoms with Crippen molar-refractivity contribution in [1.29, 1.82) is 0 Å². The van der Waals surface area contributed by atoms with Crippen molar-refractivity contribution in [3.8, 4) is 10.6 Å². The van der Waals surface area contributed by atoms with E-state index in [1.54, 1.807) is 10.6 Å². The minimum Gasteiger partial charge on any atom is -0.332 e. The van der Waals surface area contributed by atoms with E-state index in [1.165, 1.54) is 17.4 Å². The summed E-state index contributed by atoms with van der Waals surface area (Å²) in [5.41, 5.74) is 2.69. The number of thiocarbonyl (C=S) groups is 1. The van der Waals surface area contributed by atoms with Gasteiger partial charge in [-0.25, -0.2) is 0 Å². The molecule has 1 amide bonds. The lowest BCUT2D eigenvalue weighted by molar-refractivity contribution is -0.115. The maximum Gasteiger partial charge on any atom is 0.250 e. The molecule has 2 heterocycles. The lowest BCUT2D eigenvalue weighted by Gasteiger charge is -2.08. The number of carbonyl (C=O) groups excluding carboxylic acids is 1. The molecule has 0 saturated heterocycles. The fourth-order valence-corrected chi connectivity index (χ4v) is 3.82. The van der Waals surface area contributed by atoms with Gasteiger partial charge in [0.05, 0.1) is 0 Å². The van der Waals surface area contributed by atoms with Crippen molar-refractivity contribution in [1.82, 2.24) is 25.1 Å². The van der Waals surface area contributed by atoms with E-state index in [9.17, 15) is 4.79 Å². The number of nitrogens with zero attached hydrogens (tertiary/aromatic N) is 4. The highest BCUT2D eigenvalue weighted by Gasteiger charge is 2.12. The maximum absolute atomic E-state index is 12.0. The lowest BCUT2D eigenvalue weighted by atomic mass is 10.2. The molecule has 0 aliphatic carbocycles. The molecule has 0 bridgehead atoms. The Balaban J connectivity index is 1.36. The predicted octanol–water partition coefficient (Wildman–Crippen LogP) is 3.94. The van der Waals surface area contributed by atoms with Crippen LogP contribution in [0, 0.1) is 0 Å². The van der Waals surface area contributed by atoms with E-state index in [0.717, 1.165) is 39.0 Å². The smallest absolute Gasteiger partial charge is 0.250 e. The molecular formula is C21H18N6OS2. The molecule has 30 heavy (non-hydrogen) atoms. The number of hydrogen-bond donors (Lipinski definition) is 2. The fourth-order valence-electron chi connectivity index (χ4n) is 2.74. The van der Waals surface area contributed by atoms with Crippen LogP contribution in [-0.2, 0) is 11.2 Å². The lowest BCUT2D eigenvalue weighted by Crippen LogP contribution is -2.32. The van der Waals surface area contributed by atoms with Gasteiger partial charge in [0.15, 0.2) is 10.9 Å². The molecule has 0 saturated carbocycles. The molecule has 0 aliphatic heterocycles. The summed E-state index contributed by atoms with van der Waals surface area (Å²) >= 11 is 6.71. The molecule has 0 unspecified atom stereocenters. The summed E-state index contributed by atoms with van der Waals surface area (Å²) in [7, 11) is 0. The van der Waals surface area contributed by atoms with Gasteiger partial charge in [-0.05, 0) is 48.1 Å². The largest absolute Gasteiger partial charge is 0.332 e. The van der Waals surface area contributed by atoms with E-state index < -0.39 is 0 Å². The first-order valence-electron chi connectivity index (χ1n) is 9.29. The highest BCUT2D eigenvalue weighted by molar-refractivity contribution is 7.80. The third-order valence-electron chi connectivity index (χ3n) is 4.22. The normalized spacial score (nSPS) is 11.1. The van der Waals surface area contributed by atoms with Crippen LogP contribution >= 0.6 is 23.6 Å². The van der Waals surface area contributed by atoms with E-state index in [1.807, 2.05) is 61.5 Å². The summed E-state index contributed by atoms with van der Waals surface area (Å²) in [6, 6.07) is 17.2. The number of carbonyl (C=O) groups is 1. The zero-order chi connectivity index (χ0) is 20.9.